The summed E-state index contributed by atoms with van der Waals surface area (Å²) in [6, 6.07) is 53.7. The molecule has 0 aliphatic carbocycles. The summed E-state index contributed by atoms with van der Waals surface area (Å²) in [5.74, 6) is 2.69. The van der Waals surface area contributed by atoms with Gasteiger partial charge >= 0.3 is 0 Å². The fraction of sp³-hybridized carbons (Fsp3) is 0.404. The van der Waals surface area contributed by atoms with Crippen molar-refractivity contribution in [3.63, 3.8) is 0 Å². The Morgan fingerprint density at radius 2 is 0.837 bits per heavy atom. The maximum absolute atomic E-state index is 11.7. The van der Waals surface area contributed by atoms with Crippen molar-refractivity contribution in [3.05, 3.63) is 270 Å². The van der Waals surface area contributed by atoms with E-state index >= 15 is 0 Å². The van der Waals surface area contributed by atoms with Crippen LogP contribution in [0.2, 0.25) is 0 Å². The predicted octanol–water partition coefficient (Wildman–Crippen LogP) is 24.4. The van der Waals surface area contributed by atoms with E-state index in [1.165, 1.54) is 54.4 Å². The van der Waals surface area contributed by atoms with Crippen LogP contribution in [-0.4, -0.2) is 62.5 Å². The summed E-state index contributed by atoms with van der Waals surface area (Å²) >= 11 is 0. The molecule has 104 heavy (non-hydrogen) atoms. The number of carbonyl (C=O) groups is 8. The lowest BCUT2D eigenvalue weighted by molar-refractivity contribution is 0.0983. The fourth-order valence-electron chi connectivity index (χ4n) is 10.5. The predicted molar refractivity (Wildman–Crippen MR) is 436 cm³/mol. The fourth-order valence-corrected chi connectivity index (χ4v) is 10.5. The van der Waals surface area contributed by atoms with Crippen molar-refractivity contribution in [1.82, 2.24) is 0 Å². The van der Waals surface area contributed by atoms with Gasteiger partial charge in [0.25, 0.3) is 0 Å². The molecule has 8 rings (SSSR count). The van der Waals surface area contributed by atoms with Crippen molar-refractivity contribution >= 4 is 48.8 Å². The second kappa shape index (κ2) is 47.2. The Bertz CT molecular complexity index is 3860. The van der Waals surface area contributed by atoms with Crippen molar-refractivity contribution in [2.75, 3.05) is 13.7 Å². The maximum Gasteiger partial charge on any atom is 0.162 e. The van der Waals surface area contributed by atoms with Gasteiger partial charge in [0, 0.05) is 50.9 Å². The topological polar surface area (TPSA) is 155 Å². The van der Waals surface area contributed by atoms with Crippen LogP contribution in [0.25, 0.3) is 0 Å². The van der Waals surface area contributed by atoms with Gasteiger partial charge in [-0.05, 0) is 181 Å². The first-order chi connectivity index (χ1) is 48.8. The van der Waals surface area contributed by atoms with E-state index in [2.05, 4.69) is 123 Å². The summed E-state index contributed by atoms with van der Waals surface area (Å²) in [7, 11) is 1.59. The molecule has 0 unspecified atom stereocenters. The number of hydrogen-bond acceptors (Lipinski definition) is 10. The normalized spacial score (nSPS) is 10.7. The van der Waals surface area contributed by atoms with Crippen LogP contribution in [0.1, 0.15) is 321 Å². The minimum absolute atomic E-state index is 0.0303. The van der Waals surface area contributed by atoms with Gasteiger partial charge in [-0.15, -0.1) is 0 Å². The number of benzene rings is 8. The van der Waals surface area contributed by atoms with Crippen molar-refractivity contribution in [2.45, 2.75) is 238 Å². The Kier molecular flexibility index (Phi) is 42.0. The van der Waals surface area contributed by atoms with E-state index in [0.717, 1.165) is 129 Å². The monoisotopic (exact) mass is 1410 g/mol. The van der Waals surface area contributed by atoms with Gasteiger partial charge in [-0.2, -0.15) is 0 Å². The van der Waals surface area contributed by atoms with E-state index < -0.39 is 0 Å². The number of methoxy groups -OCH3 is 1. The van der Waals surface area contributed by atoms with Crippen LogP contribution in [0.15, 0.2) is 170 Å². The lowest BCUT2D eigenvalue weighted by Gasteiger charge is -2.32. The number of unbranched alkanes of at least 4 members (excludes halogenated alkanes) is 5. The summed E-state index contributed by atoms with van der Waals surface area (Å²) in [5.41, 5.74) is 18.2. The molecule has 0 amide bonds. The minimum atomic E-state index is -0.0303. The molecule has 0 saturated carbocycles. The molecule has 0 aromatic heterocycles. The molecule has 0 saturated heterocycles. The lowest BCUT2D eigenvalue weighted by Crippen LogP contribution is -2.24. The van der Waals surface area contributed by atoms with Crippen LogP contribution in [0.5, 0.6) is 11.5 Å². The van der Waals surface area contributed by atoms with E-state index in [4.69, 9.17) is 9.47 Å². The summed E-state index contributed by atoms with van der Waals surface area (Å²) in [5, 5.41) is 0. The van der Waals surface area contributed by atoms with E-state index in [9.17, 15) is 38.4 Å². The second-order valence-corrected chi connectivity index (χ2v) is 30.5. The van der Waals surface area contributed by atoms with Crippen LogP contribution < -0.4 is 9.47 Å². The van der Waals surface area contributed by atoms with Gasteiger partial charge in [0.1, 0.15) is 36.6 Å². The van der Waals surface area contributed by atoms with E-state index in [1.807, 2.05) is 156 Å². The Morgan fingerprint density at radius 3 is 1.22 bits per heavy atom. The minimum Gasteiger partial charge on any atom is -0.497 e. The number of ether oxygens (including phenoxy) is 2. The number of carbonyl (C=O) groups excluding carboxylic acids is 8. The van der Waals surface area contributed by atoms with Gasteiger partial charge in [0.15, 0.2) is 23.6 Å². The number of aldehydes is 5. The summed E-state index contributed by atoms with van der Waals surface area (Å²) < 4.78 is 10.5. The molecule has 0 bridgehead atoms. The summed E-state index contributed by atoms with van der Waals surface area (Å²) in [6.07, 6.45) is 13.6. The van der Waals surface area contributed by atoms with E-state index in [0.29, 0.717) is 23.5 Å². The standard InChI is InChI=1S/C19H30O.C15H22O2.2C11H14O.3C10H12O.C8H8O2/c1-17(2,3)13-10-15(18(4,5)6)14(12-20)16(11-13)19(7,8)9;1-2-3-4-5-6-7-12-17-15-10-8-14(13-16)9-11-15;1-11(2,3)10-6-4-9(8-12)5-7-10;1-3-9-7-5-6-8-10(9)11(12)4-2;1-7-4-5-10(9(3)11)8(2)6-7;1-7-4-5-8(2)10(6-7)9(3)11;1-8(2)10-5-3-9(7-11)4-6-10;1-10-8-4-2-7(6-9)3-5-8/h10-12H,1-9H3;8-11,13H,2-7,12H2,1H3;4-8H,1-3H3;5-8H,3-4H2,1-2H3;2*4-6H,1-3H3;3-8H,1-2H3;2-6H,1H3. The van der Waals surface area contributed by atoms with Crippen molar-refractivity contribution in [3.8, 4) is 11.5 Å². The molecule has 0 fully saturated rings. The number of Topliss-reactive ketones (excluding diaryl/α,β-unsaturated/α-hetero) is 3. The summed E-state index contributed by atoms with van der Waals surface area (Å²) in [4.78, 5) is 86.4. The highest BCUT2D eigenvalue weighted by Gasteiger charge is 2.29. The molecular weight excluding hydrogens is 1290 g/mol. The number of rotatable bonds is 20. The van der Waals surface area contributed by atoms with Gasteiger partial charge in [-0.3, -0.25) is 38.4 Å². The Balaban J connectivity index is 0.000000601. The number of aryl methyl sites for hydroxylation is 5. The van der Waals surface area contributed by atoms with Crippen molar-refractivity contribution < 1.29 is 47.8 Å². The molecule has 0 radical (unpaired) electrons. The molecule has 0 aliphatic heterocycles. The Morgan fingerprint density at radius 1 is 0.413 bits per heavy atom. The van der Waals surface area contributed by atoms with E-state index in [-0.39, 0.29) is 39.0 Å². The average Bonchev–Trinajstić information content (AvgIpc) is 0.766. The first kappa shape index (κ1) is 92.7. The molecule has 10 heteroatoms. The molecule has 0 atom stereocenters. The molecule has 560 valence electrons. The zero-order valence-corrected chi connectivity index (χ0v) is 67.6. The highest BCUT2D eigenvalue weighted by molar-refractivity contribution is 5.97. The molecule has 0 spiro atoms. The zero-order valence-electron chi connectivity index (χ0n) is 67.6. The van der Waals surface area contributed by atoms with Crippen LogP contribution in [0, 0.1) is 27.7 Å². The number of ketones is 3. The van der Waals surface area contributed by atoms with Gasteiger partial charge in [0.05, 0.1) is 13.7 Å². The maximum atomic E-state index is 11.7. The molecule has 8 aromatic carbocycles. The number of hydrogen-bond donors (Lipinski definition) is 0. The highest BCUT2D eigenvalue weighted by Crippen LogP contribution is 2.37. The summed E-state index contributed by atoms with van der Waals surface area (Å²) in [6.45, 7) is 48.6. The third kappa shape index (κ3) is 35.3. The van der Waals surface area contributed by atoms with Crippen LogP contribution in [-0.2, 0) is 28.1 Å². The van der Waals surface area contributed by atoms with Crippen LogP contribution in [0.4, 0.5) is 0 Å². The molecule has 10 nitrogen and oxygen atoms in total. The third-order valence-electron chi connectivity index (χ3n) is 17.0. The average molecular weight is 1410 g/mol. The van der Waals surface area contributed by atoms with Gasteiger partial charge in [-0.1, -0.05) is 276 Å². The quantitative estimate of drug-likeness (QED) is 0.0409. The zero-order chi connectivity index (χ0) is 79.0. The highest BCUT2D eigenvalue weighted by atomic mass is 16.5. The smallest absolute Gasteiger partial charge is 0.162 e. The van der Waals surface area contributed by atoms with Gasteiger partial charge in [-0.25, -0.2) is 0 Å². The molecule has 8 aromatic rings. The Hall–Kier alpha value is -9.28. The van der Waals surface area contributed by atoms with Gasteiger partial charge in [0.2, 0.25) is 0 Å². The van der Waals surface area contributed by atoms with Gasteiger partial charge < -0.3 is 9.47 Å². The first-order valence-electron chi connectivity index (χ1n) is 36.6. The second-order valence-electron chi connectivity index (χ2n) is 30.5. The molecule has 0 N–H and O–H groups in total. The lowest BCUT2D eigenvalue weighted by atomic mass is 9.72. The van der Waals surface area contributed by atoms with Crippen molar-refractivity contribution in [2.24, 2.45) is 0 Å². The first-order valence-corrected chi connectivity index (χ1v) is 36.6. The van der Waals surface area contributed by atoms with Crippen molar-refractivity contribution in [1.29, 1.82) is 0 Å². The SMILES string of the molecule is CC(=O)c1cc(C)ccc1C.CC(=O)c1ccc(C)cc1C.CC(C)(C)c1cc(C(C)(C)C)c(C=O)c(C(C)(C)C)c1.CC(C)(C)c1ccc(C=O)cc1.CC(C)c1ccc(C=O)cc1.CCC(=O)c1ccccc1CC.CCCCCCCCOc1ccc(C=O)cc1.COc1ccc(C=O)cc1. The molecular formula is C94H124O10. The van der Waals surface area contributed by atoms with Crippen LogP contribution in [0.3, 0.4) is 0 Å². The third-order valence-corrected chi connectivity index (χ3v) is 17.0. The molecule has 0 aliphatic rings. The van der Waals surface area contributed by atoms with Crippen LogP contribution >= 0.6 is 0 Å². The van der Waals surface area contributed by atoms with E-state index in [1.54, 1.807) is 57.4 Å². The molecule has 0 heterocycles. The largest absolute Gasteiger partial charge is 0.497 e. The Labute approximate surface area is 626 Å².